The zero-order valence-corrected chi connectivity index (χ0v) is 10.2. The molecule has 90 valence electrons. The van der Waals surface area contributed by atoms with E-state index in [0.29, 0.717) is 19.4 Å². The highest BCUT2D eigenvalue weighted by atomic mass is 16.2. The Morgan fingerprint density at radius 3 is 2.06 bits per heavy atom. The molecule has 0 saturated carbocycles. The van der Waals surface area contributed by atoms with Gasteiger partial charge in [0.15, 0.2) is 0 Å². The number of hydrogen-bond acceptors (Lipinski definition) is 3. The molecule has 0 spiro atoms. The van der Waals surface area contributed by atoms with Gasteiger partial charge in [-0.1, -0.05) is 13.8 Å². The highest BCUT2D eigenvalue weighted by Crippen LogP contribution is 2.06. The summed E-state index contributed by atoms with van der Waals surface area (Å²) in [5.74, 6) is -0.363. The SMILES string of the molecule is CC.CC(=O)CCCCN1C(=O)C=CC1=O. The Labute approximate surface area is 96.3 Å². The monoisotopic (exact) mass is 225 g/mol. The van der Waals surface area contributed by atoms with Gasteiger partial charge in [-0.3, -0.25) is 14.5 Å². The van der Waals surface area contributed by atoms with Gasteiger partial charge in [0.2, 0.25) is 0 Å². The van der Waals surface area contributed by atoms with Crippen molar-refractivity contribution in [3.8, 4) is 0 Å². The molecule has 4 nitrogen and oxygen atoms in total. The van der Waals surface area contributed by atoms with Gasteiger partial charge in [0.25, 0.3) is 11.8 Å². The molecule has 1 rings (SSSR count). The van der Waals surface area contributed by atoms with Crippen molar-refractivity contribution in [2.45, 2.75) is 40.0 Å². The first-order valence-electron chi connectivity index (χ1n) is 5.64. The van der Waals surface area contributed by atoms with Crippen molar-refractivity contribution in [1.29, 1.82) is 0 Å². The molecule has 2 amide bonds. The van der Waals surface area contributed by atoms with Gasteiger partial charge in [-0.2, -0.15) is 0 Å². The van der Waals surface area contributed by atoms with E-state index in [1.807, 2.05) is 13.8 Å². The number of amides is 2. The van der Waals surface area contributed by atoms with Crippen LogP contribution in [0.15, 0.2) is 12.2 Å². The van der Waals surface area contributed by atoms with Crippen LogP contribution < -0.4 is 0 Å². The van der Waals surface area contributed by atoms with Crippen LogP contribution in [0.1, 0.15) is 40.0 Å². The first-order chi connectivity index (χ1) is 7.61. The van der Waals surface area contributed by atoms with E-state index < -0.39 is 0 Å². The summed E-state index contributed by atoms with van der Waals surface area (Å²) in [6.45, 7) is 5.95. The highest BCUT2D eigenvalue weighted by Gasteiger charge is 2.22. The number of carbonyl (C=O) groups is 3. The number of imide groups is 1. The van der Waals surface area contributed by atoms with Crippen LogP contribution in [-0.2, 0) is 14.4 Å². The zero-order valence-electron chi connectivity index (χ0n) is 10.2. The number of carbonyl (C=O) groups excluding carboxylic acids is 3. The molecule has 0 fully saturated rings. The van der Waals surface area contributed by atoms with Crippen LogP contribution in [0, 0.1) is 0 Å². The first kappa shape index (κ1) is 14.6. The van der Waals surface area contributed by atoms with Crippen LogP contribution >= 0.6 is 0 Å². The minimum absolute atomic E-state index is 0.141. The molecular weight excluding hydrogens is 206 g/mol. The van der Waals surface area contributed by atoms with Gasteiger partial charge in [-0.25, -0.2) is 0 Å². The van der Waals surface area contributed by atoms with Crippen LogP contribution in [0.3, 0.4) is 0 Å². The Morgan fingerprint density at radius 1 is 1.12 bits per heavy atom. The zero-order chi connectivity index (χ0) is 12.6. The molecule has 0 aromatic heterocycles. The maximum Gasteiger partial charge on any atom is 0.253 e. The van der Waals surface area contributed by atoms with Crippen molar-refractivity contribution in [2.75, 3.05) is 6.54 Å². The largest absolute Gasteiger partial charge is 0.300 e. The van der Waals surface area contributed by atoms with Crippen molar-refractivity contribution >= 4 is 17.6 Å². The predicted molar refractivity (Wildman–Crippen MR) is 61.7 cm³/mol. The number of rotatable bonds is 5. The molecule has 0 aromatic carbocycles. The summed E-state index contributed by atoms with van der Waals surface area (Å²) in [4.78, 5) is 33.9. The van der Waals surface area contributed by atoms with Gasteiger partial charge in [0.1, 0.15) is 5.78 Å². The molecular formula is C12H19NO3. The summed E-state index contributed by atoms with van der Waals surface area (Å²) < 4.78 is 0. The third kappa shape index (κ3) is 4.87. The molecule has 1 aliphatic rings. The number of nitrogens with zero attached hydrogens (tertiary/aromatic N) is 1. The molecule has 0 saturated heterocycles. The first-order valence-corrected chi connectivity index (χ1v) is 5.64. The number of Topliss-reactive ketones (excluding diaryl/α,β-unsaturated/α-hetero) is 1. The van der Waals surface area contributed by atoms with Gasteiger partial charge in [0, 0.05) is 25.1 Å². The van der Waals surface area contributed by atoms with E-state index in [0.717, 1.165) is 6.42 Å². The van der Waals surface area contributed by atoms with Gasteiger partial charge in [-0.05, 0) is 19.8 Å². The van der Waals surface area contributed by atoms with Crippen LogP contribution in [0.4, 0.5) is 0 Å². The lowest BCUT2D eigenvalue weighted by Crippen LogP contribution is -2.30. The molecule has 0 unspecified atom stereocenters. The van der Waals surface area contributed by atoms with Crippen LogP contribution in [0.5, 0.6) is 0 Å². The average molecular weight is 225 g/mol. The maximum atomic E-state index is 11.1. The lowest BCUT2D eigenvalue weighted by Gasteiger charge is -2.12. The molecule has 0 radical (unpaired) electrons. The topological polar surface area (TPSA) is 54.5 Å². The van der Waals surface area contributed by atoms with E-state index in [9.17, 15) is 14.4 Å². The molecule has 0 aromatic rings. The Balaban J connectivity index is 0.00000106. The molecule has 1 aliphatic heterocycles. The summed E-state index contributed by atoms with van der Waals surface area (Å²) in [5.41, 5.74) is 0. The fourth-order valence-corrected chi connectivity index (χ4v) is 1.30. The maximum absolute atomic E-state index is 11.1. The van der Waals surface area contributed by atoms with Crippen molar-refractivity contribution in [1.82, 2.24) is 4.90 Å². The Bertz CT molecular complexity index is 277. The van der Waals surface area contributed by atoms with Gasteiger partial charge >= 0.3 is 0 Å². The van der Waals surface area contributed by atoms with Crippen molar-refractivity contribution in [3.05, 3.63) is 12.2 Å². The molecule has 0 N–H and O–H groups in total. The fraction of sp³-hybridized carbons (Fsp3) is 0.583. The smallest absolute Gasteiger partial charge is 0.253 e. The van der Waals surface area contributed by atoms with Gasteiger partial charge in [0.05, 0.1) is 0 Å². The van der Waals surface area contributed by atoms with Crippen molar-refractivity contribution < 1.29 is 14.4 Å². The van der Waals surface area contributed by atoms with E-state index in [-0.39, 0.29) is 17.6 Å². The van der Waals surface area contributed by atoms with Crippen LogP contribution in [0.25, 0.3) is 0 Å². The second-order valence-corrected chi connectivity index (χ2v) is 3.32. The van der Waals surface area contributed by atoms with E-state index in [4.69, 9.17) is 0 Å². The lowest BCUT2D eigenvalue weighted by molar-refractivity contribution is -0.136. The second-order valence-electron chi connectivity index (χ2n) is 3.32. The molecule has 4 heteroatoms. The van der Waals surface area contributed by atoms with Crippen LogP contribution in [0.2, 0.25) is 0 Å². The summed E-state index contributed by atoms with van der Waals surface area (Å²) in [6, 6.07) is 0. The van der Waals surface area contributed by atoms with Gasteiger partial charge in [-0.15, -0.1) is 0 Å². The lowest BCUT2D eigenvalue weighted by atomic mass is 10.2. The predicted octanol–water partition coefficient (Wildman–Crippen LogP) is 1.70. The molecule has 16 heavy (non-hydrogen) atoms. The Kier molecular flexibility index (Phi) is 7.09. The van der Waals surface area contributed by atoms with Crippen LogP contribution in [-0.4, -0.2) is 29.0 Å². The second kappa shape index (κ2) is 7.79. The average Bonchev–Trinajstić information content (AvgIpc) is 2.57. The third-order valence-electron chi connectivity index (χ3n) is 2.06. The highest BCUT2D eigenvalue weighted by molar-refractivity contribution is 6.12. The van der Waals surface area contributed by atoms with Crippen molar-refractivity contribution in [2.24, 2.45) is 0 Å². The third-order valence-corrected chi connectivity index (χ3v) is 2.06. The van der Waals surface area contributed by atoms with E-state index in [1.54, 1.807) is 0 Å². The number of unbranched alkanes of at least 4 members (excludes halogenated alkanes) is 1. The normalized spacial score (nSPS) is 13.8. The minimum Gasteiger partial charge on any atom is -0.300 e. The van der Waals surface area contributed by atoms with Gasteiger partial charge < -0.3 is 4.79 Å². The summed E-state index contributed by atoms with van der Waals surface area (Å²) >= 11 is 0. The number of hydrogen-bond donors (Lipinski definition) is 0. The summed E-state index contributed by atoms with van der Waals surface area (Å²) in [6.07, 6.45) is 4.48. The molecule has 1 heterocycles. The molecule has 0 atom stereocenters. The summed E-state index contributed by atoms with van der Waals surface area (Å²) in [7, 11) is 0. The minimum atomic E-state index is -0.252. The Hall–Kier alpha value is -1.45. The molecule has 0 aliphatic carbocycles. The fourth-order valence-electron chi connectivity index (χ4n) is 1.30. The van der Waals surface area contributed by atoms with E-state index in [2.05, 4.69) is 0 Å². The van der Waals surface area contributed by atoms with Crippen molar-refractivity contribution in [3.63, 3.8) is 0 Å². The summed E-state index contributed by atoms with van der Waals surface area (Å²) in [5, 5.41) is 0. The van der Waals surface area contributed by atoms with E-state index in [1.165, 1.54) is 24.0 Å². The van der Waals surface area contributed by atoms with E-state index >= 15 is 0 Å². The molecule has 0 bridgehead atoms. The Morgan fingerprint density at radius 2 is 1.62 bits per heavy atom. The quantitative estimate of drug-likeness (QED) is 0.528. The standard InChI is InChI=1S/C10H13NO3.C2H6/c1-8(12)4-2-3-7-11-9(13)5-6-10(11)14;1-2/h5-6H,2-4,7H2,1H3;1-2H3. The number of ketones is 1.